The zero-order valence-corrected chi connectivity index (χ0v) is 25.2. The normalized spacial score (nSPS) is 26.0. The predicted octanol–water partition coefficient (Wildman–Crippen LogP) is -1.30. The molecule has 0 spiro atoms. The van der Waals surface area contributed by atoms with E-state index in [0.29, 0.717) is 5.56 Å². The molecule has 2 aliphatic heterocycles. The Morgan fingerprint density at radius 2 is 1.92 bits per heavy atom. The van der Waals surface area contributed by atoms with Gasteiger partial charge in [-0.05, 0) is 12.1 Å². The number of fused-ring (bicyclic) bond motifs is 2. The number of ether oxygens (including phenoxy) is 2. The van der Waals surface area contributed by atoms with Gasteiger partial charge in [0.05, 0.1) is 38.0 Å². The second kappa shape index (κ2) is 12.6. The largest absolute Gasteiger partial charge is 0.394 e. The van der Waals surface area contributed by atoms with E-state index in [1.165, 1.54) is 17.2 Å². The third-order valence-electron chi connectivity index (χ3n) is 7.84. The van der Waals surface area contributed by atoms with Crippen LogP contribution in [0.4, 0.5) is 10.2 Å². The van der Waals surface area contributed by atoms with E-state index >= 15 is 4.39 Å². The summed E-state index contributed by atoms with van der Waals surface area (Å²) in [4.78, 5) is 43.5. The molecule has 1 amide bonds. The molecule has 0 saturated carbocycles. The van der Waals surface area contributed by atoms with E-state index in [2.05, 4.69) is 45.3 Å². The fourth-order valence-corrected chi connectivity index (χ4v) is 6.48. The Balaban J connectivity index is 1.01. The van der Waals surface area contributed by atoms with Crippen LogP contribution in [0, 0.1) is 0 Å². The van der Waals surface area contributed by atoms with Crippen molar-refractivity contribution in [3.05, 3.63) is 65.2 Å². The molecular weight excluding hydrogens is 661 g/mol. The average molecular weight is 688 g/mol. The quantitative estimate of drug-likeness (QED) is 0.114. The van der Waals surface area contributed by atoms with Crippen LogP contribution in [0.15, 0.2) is 54.1 Å². The summed E-state index contributed by atoms with van der Waals surface area (Å²) >= 11 is 0. The number of rotatable bonds is 10. The Labute approximate surface area is 268 Å². The lowest BCUT2D eigenvalue weighted by molar-refractivity contribution is -0.0464. The number of nitrogens with one attached hydrogen (secondary N) is 3. The van der Waals surface area contributed by atoms with E-state index in [9.17, 15) is 28.2 Å². The van der Waals surface area contributed by atoms with Crippen LogP contribution in [0.5, 0.6) is 0 Å². The van der Waals surface area contributed by atoms with Crippen molar-refractivity contribution in [2.45, 2.75) is 49.4 Å². The van der Waals surface area contributed by atoms with Gasteiger partial charge in [-0.25, -0.2) is 24.3 Å². The molecule has 2 fully saturated rings. The smallest absolute Gasteiger partial charge is 0.336 e. The van der Waals surface area contributed by atoms with E-state index in [1.807, 2.05) is 0 Å². The Kier molecular flexibility index (Phi) is 8.36. The van der Waals surface area contributed by atoms with Crippen molar-refractivity contribution in [3.63, 3.8) is 0 Å². The fourth-order valence-electron chi connectivity index (χ4n) is 5.48. The zero-order valence-electron chi connectivity index (χ0n) is 24.4. The third kappa shape index (κ3) is 5.89. The Morgan fingerprint density at radius 3 is 2.71 bits per heavy atom. The molecule has 2 saturated heterocycles. The number of aliphatic hydroxyl groups excluding tert-OH is 2. The number of halogens is 1. The monoisotopic (exact) mass is 687 g/mol. The van der Waals surface area contributed by atoms with Crippen molar-refractivity contribution in [3.8, 4) is 0 Å². The van der Waals surface area contributed by atoms with Crippen LogP contribution < -0.4 is 15.6 Å². The summed E-state index contributed by atoms with van der Waals surface area (Å²) in [6, 6.07) is 7.49. The summed E-state index contributed by atoms with van der Waals surface area (Å²) in [6.45, 7) is -1.36. The number of aromatic nitrogens is 9. The minimum Gasteiger partial charge on any atom is -0.394 e. The first-order chi connectivity index (χ1) is 23.1. The minimum atomic E-state index is -4.57. The molecule has 0 bridgehead atoms. The predicted molar refractivity (Wildman–Crippen MR) is 158 cm³/mol. The molecule has 22 heteroatoms. The fraction of sp³-hybridized carbons (Fsp3) is 0.385. The van der Waals surface area contributed by atoms with Crippen molar-refractivity contribution in [2.24, 2.45) is 0 Å². The van der Waals surface area contributed by atoms with E-state index in [-0.39, 0.29) is 34.6 Å². The molecule has 252 valence electrons. The second-order valence-electron chi connectivity index (χ2n) is 10.8. The summed E-state index contributed by atoms with van der Waals surface area (Å²) in [7, 11) is -4.57. The van der Waals surface area contributed by atoms with Gasteiger partial charge in [-0.2, -0.15) is 17.8 Å². The van der Waals surface area contributed by atoms with E-state index in [4.69, 9.17) is 13.7 Å². The maximum absolute atomic E-state index is 15.0. The second-order valence-corrected chi connectivity index (χ2v) is 12.2. The maximum atomic E-state index is 15.0. The summed E-state index contributed by atoms with van der Waals surface area (Å²) in [5.41, 5.74) is 0.0185. The van der Waals surface area contributed by atoms with Gasteiger partial charge in [0.2, 0.25) is 0 Å². The molecule has 0 unspecified atom stereocenters. The minimum absolute atomic E-state index is 0.00231. The number of aromatic amines is 1. The number of amides is 1. The molecule has 5 N–H and O–H groups in total. The molecule has 20 nitrogen and oxygen atoms in total. The van der Waals surface area contributed by atoms with Gasteiger partial charge in [-0.15, -0.1) is 5.10 Å². The first kappa shape index (κ1) is 31.7. The molecule has 48 heavy (non-hydrogen) atoms. The molecule has 1 aromatic carbocycles. The molecule has 2 aliphatic rings. The highest BCUT2D eigenvalue weighted by Crippen LogP contribution is 2.34. The lowest BCUT2D eigenvalue weighted by Gasteiger charge is -2.19. The number of benzene rings is 1. The van der Waals surface area contributed by atoms with Crippen LogP contribution in [0.3, 0.4) is 0 Å². The molecule has 5 aromatic rings. The van der Waals surface area contributed by atoms with E-state index in [0.717, 1.165) is 11.0 Å². The van der Waals surface area contributed by atoms with Gasteiger partial charge in [-0.1, -0.05) is 23.4 Å². The molecular formula is C26H26FN11O9S. The van der Waals surface area contributed by atoms with Crippen molar-refractivity contribution in [1.29, 1.82) is 0 Å². The number of alkyl halides is 1. The maximum Gasteiger partial charge on any atom is 0.336 e. The summed E-state index contributed by atoms with van der Waals surface area (Å²) in [5, 5.41) is 30.4. The van der Waals surface area contributed by atoms with Gasteiger partial charge in [0.15, 0.2) is 40.5 Å². The summed E-state index contributed by atoms with van der Waals surface area (Å²) in [5.74, 6) is -0.267. The lowest BCUT2D eigenvalue weighted by Crippen LogP contribution is -2.43. The summed E-state index contributed by atoms with van der Waals surface area (Å²) in [6.07, 6.45) is -5.15. The van der Waals surface area contributed by atoms with E-state index in [1.54, 1.807) is 30.3 Å². The number of aliphatic hydroxyl groups is 2. The molecule has 7 atom stereocenters. The van der Waals surface area contributed by atoms with Gasteiger partial charge in [0.1, 0.15) is 24.8 Å². The Hall–Kier alpha value is -4.84. The van der Waals surface area contributed by atoms with Gasteiger partial charge in [0, 0.05) is 12.0 Å². The molecule has 4 aromatic heterocycles. The standard InChI is InChI=1S/C26H26FN11O9S/c27-17-20(40)15(47-26(17)38-23-19(34-36-38)25(42)31-10-30-23)8-45-48(43,44)35-13-6-16(46-14(13)7-39)37-11-32-18-21(28-9-29-22(18)37)33-24(41)12-4-2-1-3-5-12/h1-5,9-11,13-17,20,26,35,39-40H,6-8H2,(H,30,31,42)(H,28,29,33,41)/t13-,14+,15+,16+,17+,20+,26+/m0/s1. The number of carbonyl (C=O) groups excluding carboxylic acids is 1. The number of hydrogen-bond acceptors (Lipinski definition) is 15. The number of nitrogens with zero attached hydrogens (tertiary/aromatic N) is 8. The van der Waals surface area contributed by atoms with Crippen LogP contribution in [-0.4, -0.2) is 113 Å². The SMILES string of the molecule is O=C(Nc1ncnc2c1ncn2[C@H]1C[C@H](NS(=O)(=O)OC[C@H]2O[C@@H](n3nnc4c(=O)[nH]cnc43)[C@H](F)[C@@H]2O)[C@@H](CO)O1)c1ccccc1. The highest BCUT2D eigenvalue weighted by molar-refractivity contribution is 7.84. The van der Waals surface area contributed by atoms with Gasteiger partial charge in [0.25, 0.3) is 11.5 Å². The zero-order chi connectivity index (χ0) is 33.6. The van der Waals surface area contributed by atoms with Crippen LogP contribution in [0.1, 0.15) is 29.2 Å². The molecule has 7 rings (SSSR count). The first-order valence-corrected chi connectivity index (χ1v) is 15.8. The molecule has 6 heterocycles. The Morgan fingerprint density at radius 1 is 1.10 bits per heavy atom. The van der Waals surface area contributed by atoms with Crippen LogP contribution in [0.2, 0.25) is 0 Å². The highest BCUT2D eigenvalue weighted by atomic mass is 32.2. The van der Waals surface area contributed by atoms with Crippen LogP contribution >= 0.6 is 0 Å². The van der Waals surface area contributed by atoms with E-state index < -0.39 is 78.0 Å². The topological polar surface area (TPSA) is 263 Å². The summed E-state index contributed by atoms with van der Waals surface area (Å²) < 4.78 is 62.0. The molecule has 0 radical (unpaired) electrons. The van der Waals surface area contributed by atoms with Crippen molar-refractivity contribution in [2.75, 3.05) is 18.5 Å². The van der Waals surface area contributed by atoms with Crippen molar-refractivity contribution < 1.29 is 41.5 Å². The lowest BCUT2D eigenvalue weighted by atomic mass is 10.1. The Bertz CT molecular complexity index is 2130. The van der Waals surface area contributed by atoms with Crippen LogP contribution in [-0.2, 0) is 24.0 Å². The van der Waals surface area contributed by atoms with Gasteiger partial charge < -0.3 is 30.0 Å². The first-order valence-electron chi connectivity index (χ1n) is 14.4. The van der Waals surface area contributed by atoms with Crippen molar-refractivity contribution >= 4 is 44.4 Å². The van der Waals surface area contributed by atoms with Gasteiger partial charge in [-0.3, -0.25) is 18.3 Å². The average Bonchev–Trinajstić information content (AvgIpc) is 3.86. The number of anilines is 1. The highest BCUT2D eigenvalue weighted by Gasteiger charge is 2.47. The number of hydrogen-bond donors (Lipinski definition) is 5. The van der Waals surface area contributed by atoms with Gasteiger partial charge >= 0.3 is 10.3 Å². The third-order valence-corrected chi connectivity index (χ3v) is 8.88. The number of H-pyrrole nitrogens is 1. The van der Waals surface area contributed by atoms with Crippen LogP contribution in [0.25, 0.3) is 22.3 Å². The number of carbonyl (C=O) groups is 1. The number of imidazole rings is 1. The van der Waals surface area contributed by atoms with Crippen molar-refractivity contribution in [1.82, 2.24) is 49.2 Å². The molecule has 0 aliphatic carbocycles.